The van der Waals surface area contributed by atoms with Crippen molar-refractivity contribution in [2.45, 2.75) is 31.8 Å². The average Bonchev–Trinajstić information content (AvgIpc) is 3.31. The molecule has 0 bridgehead atoms. The van der Waals surface area contributed by atoms with E-state index in [1.165, 1.54) is 12.7 Å². The number of hydrogen-bond donors (Lipinski definition) is 0. The highest BCUT2D eigenvalue weighted by molar-refractivity contribution is 5.55. The molecule has 1 aliphatic carbocycles. The molecule has 0 N–H and O–H groups in total. The molecule has 4 heterocycles. The summed E-state index contributed by atoms with van der Waals surface area (Å²) in [6.45, 7) is 0.299. The van der Waals surface area contributed by atoms with Crippen LogP contribution in [0.2, 0.25) is 0 Å². The fraction of sp³-hybridized carbons (Fsp3) is 0.375. The van der Waals surface area contributed by atoms with Crippen molar-refractivity contribution in [1.82, 2.24) is 40.0 Å². The first-order valence-corrected chi connectivity index (χ1v) is 8.43. The first-order valence-electron chi connectivity index (χ1n) is 8.43. The number of nitrogens with zero attached hydrogens (tertiary/aromatic N) is 8. The molecule has 132 valence electrons. The van der Waals surface area contributed by atoms with E-state index in [2.05, 4.69) is 30.8 Å². The van der Waals surface area contributed by atoms with E-state index in [0.717, 1.165) is 24.1 Å². The number of aromatic nitrogens is 8. The number of fused-ring (bicyclic) bond motifs is 1. The molecule has 0 radical (unpaired) electrons. The third kappa shape index (κ3) is 2.50. The Morgan fingerprint density at radius 2 is 2.19 bits per heavy atom. The summed E-state index contributed by atoms with van der Waals surface area (Å²) in [4.78, 5) is 0. The molecule has 10 nitrogen and oxygen atoms in total. The molecular weight excluding hydrogens is 336 g/mol. The van der Waals surface area contributed by atoms with Gasteiger partial charge in [-0.2, -0.15) is 4.52 Å². The summed E-state index contributed by atoms with van der Waals surface area (Å²) in [5, 5.41) is 25.0. The summed E-state index contributed by atoms with van der Waals surface area (Å²) in [5.74, 6) is 1.52. The molecule has 0 saturated heterocycles. The number of aryl methyl sites for hydroxylation is 1. The normalized spacial score (nSPS) is 14.7. The largest absolute Gasteiger partial charge is 0.470 e. The van der Waals surface area contributed by atoms with Gasteiger partial charge in [-0.3, -0.25) is 4.68 Å². The molecule has 0 atom stereocenters. The van der Waals surface area contributed by atoms with E-state index >= 15 is 0 Å². The van der Waals surface area contributed by atoms with Crippen LogP contribution in [-0.4, -0.2) is 40.0 Å². The van der Waals surface area contributed by atoms with E-state index in [4.69, 9.17) is 9.26 Å². The van der Waals surface area contributed by atoms with Crippen molar-refractivity contribution in [3.8, 4) is 17.4 Å². The van der Waals surface area contributed by atoms with E-state index in [9.17, 15) is 0 Å². The lowest BCUT2D eigenvalue weighted by atomic mass is 9.80. The fourth-order valence-corrected chi connectivity index (χ4v) is 3.05. The Kier molecular flexibility index (Phi) is 3.40. The summed E-state index contributed by atoms with van der Waals surface area (Å²) < 4.78 is 14.2. The Hall–Kier alpha value is -3.30. The van der Waals surface area contributed by atoms with Gasteiger partial charge < -0.3 is 9.26 Å². The predicted molar refractivity (Wildman–Crippen MR) is 88.2 cm³/mol. The highest BCUT2D eigenvalue weighted by Crippen LogP contribution is 2.40. The van der Waals surface area contributed by atoms with Crippen molar-refractivity contribution in [2.75, 3.05) is 0 Å². The van der Waals surface area contributed by atoms with Gasteiger partial charge in [0.1, 0.15) is 18.6 Å². The van der Waals surface area contributed by atoms with Gasteiger partial charge in [0.05, 0.1) is 6.20 Å². The lowest BCUT2D eigenvalue weighted by molar-refractivity contribution is 0.272. The number of rotatable bonds is 5. The maximum absolute atomic E-state index is 6.00. The lowest BCUT2D eigenvalue weighted by Crippen LogP contribution is -2.13. The number of ether oxygens (including phenoxy) is 1. The van der Waals surface area contributed by atoms with Crippen molar-refractivity contribution < 1.29 is 9.26 Å². The van der Waals surface area contributed by atoms with Gasteiger partial charge in [0.15, 0.2) is 11.3 Å². The minimum Gasteiger partial charge on any atom is -0.470 e. The zero-order valence-electron chi connectivity index (χ0n) is 14.1. The molecule has 0 spiro atoms. The molecule has 1 saturated carbocycles. The molecule has 5 rings (SSSR count). The topological polar surface area (TPSA) is 109 Å². The highest BCUT2D eigenvalue weighted by atomic mass is 16.5. The molecule has 0 aromatic carbocycles. The zero-order valence-corrected chi connectivity index (χ0v) is 14.1. The molecule has 0 amide bonds. The van der Waals surface area contributed by atoms with Crippen molar-refractivity contribution in [2.24, 2.45) is 7.05 Å². The van der Waals surface area contributed by atoms with Gasteiger partial charge in [0.25, 0.3) is 0 Å². The Balaban J connectivity index is 1.55. The van der Waals surface area contributed by atoms with Crippen molar-refractivity contribution in [1.29, 1.82) is 0 Å². The minimum absolute atomic E-state index is 0.299. The summed E-state index contributed by atoms with van der Waals surface area (Å²) in [7, 11) is 1.82. The summed E-state index contributed by atoms with van der Waals surface area (Å²) in [5.41, 5.74) is 3.04. The summed E-state index contributed by atoms with van der Waals surface area (Å²) >= 11 is 0. The van der Waals surface area contributed by atoms with Crippen LogP contribution >= 0.6 is 0 Å². The molecular formula is C16H16N8O2. The molecule has 4 aromatic heterocycles. The lowest BCUT2D eigenvalue weighted by Gasteiger charge is -2.26. The van der Waals surface area contributed by atoms with Gasteiger partial charge in [-0.25, -0.2) is 0 Å². The van der Waals surface area contributed by atoms with Crippen molar-refractivity contribution >= 4 is 5.65 Å². The Labute approximate surface area is 147 Å². The maximum atomic E-state index is 6.00. The van der Waals surface area contributed by atoms with Crippen LogP contribution in [0.5, 0.6) is 5.88 Å². The first kappa shape index (κ1) is 15.0. The standard InChI is InChI=1S/C16H16N8O2/c1-23-8-11(17-22-23)9-25-16-12(10-3-2-4-10)7-14-18-19-15(24(14)20-16)13-5-6-26-21-13/h5-8,10H,2-4,9H2,1H3. The second kappa shape index (κ2) is 5.90. The fourth-order valence-electron chi connectivity index (χ4n) is 3.05. The minimum atomic E-state index is 0.299. The van der Waals surface area contributed by atoms with Crippen LogP contribution in [0.15, 0.2) is 29.1 Å². The van der Waals surface area contributed by atoms with Gasteiger partial charge in [0.2, 0.25) is 11.7 Å². The maximum Gasteiger partial charge on any atom is 0.235 e. The van der Waals surface area contributed by atoms with Gasteiger partial charge in [0, 0.05) is 18.7 Å². The summed E-state index contributed by atoms with van der Waals surface area (Å²) in [6, 6.07) is 3.72. The smallest absolute Gasteiger partial charge is 0.235 e. The van der Waals surface area contributed by atoms with E-state index in [0.29, 0.717) is 35.6 Å². The van der Waals surface area contributed by atoms with E-state index < -0.39 is 0 Å². The molecule has 1 fully saturated rings. The third-order valence-corrected chi connectivity index (χ3v) is 4.61. The molecule has 1 aliphatic rings. The van der Waals surface area contributed by atoms with Crippen molar-refractivity contribution in [3.63, 3.8) is 0 Å². The van der Waals surface area contributed by atoms with Crippen LogP contribution in [0.3, 0.4) is 0 Å². The molecule has 4 aromatic rings. The van der Waals surface area contributed by atoms with Gasteiger partial charge >= 0.3 is 0 Å². The van der Waals surface area contributed by atoms with Crippen LogP contribution < -0.4 is 4.74 Å². The Morgan fingerprint density at radius 3 is 2.88 bits per heavy atom. The van der Waals surface area contributed by atoms with Crippen LogP contribution in [0.25, 0.3) is 17.2 Å². The Morgan fingerprint density at radius 1 is 1.27 bits per heavy atom. The average molecular weight is 352 g/mol. The zero-order chi connectivity index (χ0) is 17.5. The monoisotopic (exact) mass is 352 g/mol. The summed E-state index contributed by atoms with van der Waals surface area (Å²) in [6.07, 6.45) is 6.79. The van der Waals surface area contributed by atoms with E-state index in [1.807, 2.05) is 19.3 Å². The third-order valence-electron chi connectivity index (χ3n) is 4.61. The van der Waals surface area contributed by atoms with E-state index in [1.54, 1.807) is 15.3 Å². The highest BCUT2D eigenvalue weighted by Gasteiger charge is 2.26. The van der Waals surface area contributed by atoms with Crippen LogP contribution in [0.1, 0.15) is 36.4 Å². The van der Waals surface area contributed by atoms with Crippen LogP contribution in [0.4, 0.5) is 0 Å². The SMILES string of the molecule is Cn1cc(COc2nn3c(-c4ccon4)nnc3cc2C2CCC2)nn1. The van der Waals surface area contributed by atoms with E-state index in [-0.39, 0.29) is 0 Å². The second-order valence-corrected chi connectivity index (χ2v) is 6.38. The molecule has 0 aliphatic heterocycles. The van der Waals surface area contributed by atoms with Gasteiger partial charge in [-0.05, 0) is 24.8 Å². The number of hydrogen-bond acceptors (Lipinski definition) is 8. The molecule has 0 unspecified atom stereocenters. The second-order valence-electron chi connectivity index (χ2n) is 6.38. The molecule has 10 heteroatoms. The quantitative estimate of drug-likeness (QED) is 0.534. The van der Waals surface area contributed by atoms with Crippen LogP contribution in [-0.2, 0) is 13.7 Å². The Bertz CT molecular complexity index is 1050. The van der Waals surface area contributed by atoms with Gasteiger partial charge in [-0.15, -0.1) is 20.4 Å². The van der Waals surface area contributed by atoms with Gasteiger partial charge in [-0.1, -0.05) is 16.8 Å². The predicted octanol–water partition coefficient (Wildman–Crippen LogP) is 1.75. The van der Waals surface area contributed by atoms with Crippen molar-refractivity contribution in [3.05, 3.63) is 35.9 Å². The molecule has 26 heavy (non-hydrogen) atoms. The first-order chi connectivity index (χ1) is 12.8. The van der Waals surface area contributed by atoms with Crippen LogP contribution in [0, 0.1) is 0 Å².